The molecule has 0 bridgehead atoms. The van der Waals surface area contributed by atoms with Crippen molar-refractivity contribution in [3.8, 4) is 0 Å². The van der Waals surface area contributed by atoms with E-state index >= 15 is 0 Å². The second-order valence-corrected chi connectivity index (χ2v) is 4.25. The molecule has 1 amide bonds. The van der Waals surface area contributed by atoms with Crippen LogP contribution in [0.2, 0.25) is 0 Å². The summed E-state index contributed by atoms with van der Waals surface area (Å²) in [5, 5.41) is 2.39. The monoisotopic (exact) mass is 239 g/mol. The zero-order valence-electron chi connectivity index (χ0n) is 9.19. The van der Waals surface area contributed by atoms with E-state index in [9.17, 15) is 18.0 Å². The van der Waals surface area contributed by atoms with Crippen LogP contribution in [0.5, 0.6) is 0 Å². The van der Waals surface area contributed by atoms with E-state index in [1.807, 2.05) is 6.92 Å². The van der Waals surface area contributed by atoms with Crippen LogP contribution in [-0.4, -0.2) is 25.4 Å². The molecule has 0 aromatic heterocycles. The fraction of sp³-hybridized carbons (Fsp3) is 0.900. The zero-order chi connectivity index (χ0) is 12.2. The smallest absolute Gasteiger partial charge is 0.422 e. The maximum atomic E-state index is 11.7. The van der Waals surface area contributed by atoms with Gasteiger partial charge < -0.3 is 10.1 Å². The van der Waals surface area contributed by atoms with Crippen LogP contribution in [-0.2, 0) is 4.74 Å². The minimum absolute atomic E-state index is 0.0806. The molecule has 0 saturated heterocycles. The Morgan fingerprint density at radius 1 is 1.44 bits per heavy atom. The Hall–Kier alpha value is -0.940. The van der Waals surface area contributed by atoms with E-state index in [4.69, 9.17) is 0 Å². The van der Waals surface area contributed by atoms with E-state index in [1.165, 1.54) is 0 Å². The number of ether oxygens (including phenoxy) is 1. The van der Waals surface area contributed by atoms with Gasteiger partial charge in [0.15, 0.2) is 6.61 Å². The van der Waals surface area contributed by atoms with Crippen LogP contribution in [0.15, 0.2) is 0 Å². The van der Waals surface area contributed by atoms with Gasteiger partial charge in [-0.2, -0.15) is 13.2 Å². The Labute approximate surface area is 92.3 Å². The van der Waals surface area contributed by atoms with E-state index < -0.39 is 18.9 Å². The van der Waals surface area contributed by atoms with Crippen LogP contribution < -0.4 is 5.32 Å². The summed E-state index contributed by atoms with van der Waals surface area (Å²) in [6.07, 6.45) is -1.38. The molecule has 0 spiro atoms. The maximum absolute atomic E-state index is 11.7. The molecule has 6 heteroatoms. The van der Waals surface area contributed by atoms with Crippen LogP contribution in [0.25, 0.3) is 0 Å². The molecule has 1 rings (SSSR count). The van der Waals surface area contributed by atoms with Gasteiger partial charge in [-0.1, -0.05) is 13.3 Å². The van der Waals surface area contributed by atoms with Crippen molar-refractivity contribution in [2.45, 2.75) is 38.8 Å². The Balaban J connectivity index is 2.20. The van der Waals surface area contributed by atoms with Gasteiger partial charge in [0.05, 0.1) is 0 Å². The summed E-state index contributed by atoms with van der Waals surface area (Å²) in [5.41, 5.74) is 0.0806. The Bertz CT molecular complexity index is 243. The summed E-state index contributed by atoms with van der Waals surface area (Å²) in [6, 6.07) is 0. The third-order valence-electron chi connectivity index (χ3n) is 3.14. The average Bonchev–Trinajstić information content (AvgIpc) is 2.13. The van der Waals surface area contributed by atoms with Crippen LogP contribution >= 0.6 is 0 Å². The molecule has 0 radical (unpaired) electrons. The van der Waals surface area contributed by atoms with Crippen molar-refractivity contribution in [2.24, 2.45) is 5.41 Å². The highest BCUT2D eigenvalue weighted by Crippen LogP contribution is 2.42. The first-order valence-electron chi connectivity index (χ1n) is 5.34. The number of amides is 1. The standard InChI is InChI=1S/C10H16F3NO2/c1-2-9(4-3-5-9)6-14-8(15)16-7-10(11,12)13/h2-7H2,1H3,(H,14,15). The lowest BCUT2D eigenvalue weighted by atomic mass is 9.67. The van der Waals surface area contributed by atoms with Crippen LogP contribution in [0.1, 0.15) is 32.6 Å². The Morgan fingerprint density at radius 2 is 2.06 bits per heavy atom. The molecule has 0 heterocycles. The number of nitrogens with one attached hydrogen (secondary N) is 1. The predicted octanol–water partition coefficient (Wildman–Crippen LogP) is 2.86. The summed E-state index contributed by atoms with van der Waals surface area (Å²) < 4.78 is 39.2. The van der Waals surface area contributed by atoms with Crippen LogP contribution in [0.4, 0.5) is 18.0 Å². The molecular weight excluding hydrogens is 223 g/mol. The quantitative estimate of drug-likeness (QED) is 0.819. The summed E-state index contributed by atoms with van der Waals surface area (Å²) in [7, 11) is 0. The number of carbonyl (C=O) groups is 1. The lowest BCUT2D eigenvalue weighted by Crippen LogP contribution is -2.42. The number of alkyl carbamates (subject to hydrolysis) is 1. The summed E-state index contributed by atoms with van der Waals surface area (Å²) in [4.78, 5) is 11.0. The highest BCUT2D eigenvalue weighted by molar-refractivity contribution is 5.67. The highest BCUT2D eigenvalue weighted by Gasteiger charge is 2.36. The zero-order valence-corrected chi connectivity index (χ0v) is 9.19. The van der Waals surface area contributed by atoms with Gasteiger partial charge in [-0.3, -0.25) is 0 Å². The first-order valence-corrected chi connectivity index (χ1v) is 5.34. The molecule has 94 valence electrons. The summed E-state index contributed by atoms with van der Waals surface area (Å²) in [6.45, 7) is 0.889. The van der Waals surface area contributed by atoms with E-state index in [0.29, 0.717) is 6.54 Å². The van der Waals surface area contributed by atoms with Gasteiger partial charge in [-0.25, -0.2) is 4.79 Å². The van der Waals surface area contributed by atoms with Crippen molar-refractivity contribution in [1.82, 2.24) is 5.32 Å². The van der Waals surface area contributed by atoms with E-state index in [0.717, 1.165) is 25.7 Å². The third kappa shape index (κ3) is 3.90. The maximum Gasteiger partial charge on any atom is 0.422 e. The van der Waals surface area contributed by atoms with Gasteiger partial charge >= 0.3 is 12.3 Å². The molecule has 1 saturated carbocycles. The molecule has 1 aliphatic rings. The highest BCUT2D eigenvalue weighted by atomic mass is 19.4. The molecule has 0 aromatic rings. The number of hydrogen-bond acceptors (Lipinski definition) is 2. The fourth-order valence-corrected chi connectivity index (χ4v) is 1.79. The van der Waals surface area contributed by atoms with E-state index in [1.54, 1.807) is 0 Å². The van der Waals surface area contributed by atoms with Gasteiger partial charge in [0.1, 0.15) is 0 Å². The fourth-order valence-electron chi connectivity index (χ4n) is 1.79. The third-order valence-corrected chi connectivity index (χ3v) is 3.14. The van der Waals surface area contributed by atoms with Crippen LogP contribution in [0.3, 0.4) is 0 Å². The van der Waals surface area contributed by atoms with Crippen molar-refractivity contribution in [3.63, 3.8) is 0 Å². The van der Waals surface area contributed by atoms with Crippen molar-refractivity contribution in [2.75, 3.05) is 13.2 Å². The lowest BCUT2D eigenvalue weighted by Gasteiger charge is -2.41. The molecule has 1 N–H and O–H groups in total. The van der Waals surface area contributed by atoms with Crippen molar-refractivity contribution < 1.29 is 22.7 Å². The molecular formula is C10H16F3NO2. The first kappa shape index (κ1) is 13.1. The van der Waals surface area contributed by atoms with Gasteiger partial charge in [0, 0.05) is 6.54 Å². The Morgan fingerprint density at radius 3 is 2.44 bits per heavy atom. The lowest BCUT2D eigenvalue weighted by molar-refractivity contribution is -0.160. The molecule has 1 fully saturated rings. The van der Waals surface area contributed by atoms with E-state index in [2.05, 4.69) is 10.1 Å². The molecule has 16 heavy (non-hydrogen) atoms. The topological polar surface area (TPSA) is 38.3 Å². The molecule has 0 unspecified atom stereocenters. The van der Waals surface area contributed by atoms with Crippen molar-refractivity contribution >= 4 is 6.09 Å². The van der Waals surface area contributed by atoms with Crippen molar-refractivity contribution in [1.29, 1.82) is 0 Å². The molecule has 0 atom stereocenters. The normalized spacial score (nSPS) is 18.8. The number of rotatable bonds is 4. The molecule has 0 aromatic carbocycles. The summed E-state index contributed by atoms with van der Waals surface area (Å²) in [5.74, 6) is 0. The van der Waals surface area contributed by atoms with Gasteiger partial charge in [0.2, 0.25) is 0 Å². The van der Waals surface area contributed by atoms with Crippen LogP contribution in [0, 0.1) is 5.41 Å². The molecule has 1 aliphatic carbocycles. The van der Waals surface area contributed by atoms with Gasteiger partial charge in [-0.15, -0.1) is 0 Å². The molecule has 0 aliphatic heterocycles. The number of carbonyl (C=O) groups excluding carboxylic acids is 1. The first-order chi connectivity index (χ1) is 7.37. The second kappa shape index (κ2) is 4.93. The average molecular weight is 239 g/mol. The van der Waals surface area contributed by atoms with Gasteiger partial charge in [0.25, 0.3) is 0 Å². The number of halogens is 3. The predicted molar refractivity (Wildman–Crippen MR) is 52.0 cm³/mol. The largest absolute Gasteiger partial charge is 0.440 e. The van der Waals surface area contributed by atoms with Gasteiger partial charge in [-0.05, 0) is 24.7 Å². The number of hydrogen-bond donors (Lipinski definition) is 1. The second-order valence-electron chi connectivity index (χ2n) is 4.25. The minimum atomic E-state index is -4.46. The van der Waals surface area contributed by atoms with E-state index in [-0.39, 0.29) is 5.41 Å². The van der Waals surface area contributed by atoms with Crippen molar-refractivity contribution in [3.05, 3.63) is 0 Å². The molecule has 3 nitrogen and oxygen atoms in total. The number of alkyl halides is 3. The summed E-state index contributed by atoms with van der Waals surface area (Å²) >= 11 is 0. The Kier molecular flexibility index (Phi) is 4.04. The minimum Gasteiger partial charge on any atom is -0.440 e. The SMILES string of the molecule is CCC1(CNC(=O)OCC(F)(F)F)CCC1.